The van der Waals surface area contributed by atoms with Gasteiger partial charge in [0.2, 0.25) is 5.91 Å². The summed E-state index contributed by atoms with van der Waals surface area (Å²) in [7, 11) is 1.86. The quantitative estimate of drug-likeness (QED) is 0.608. The number of fused-ring (bicyclic) bond motifs is 3. The first kappa shape index (κ1) is 17.0. The highest BCUT2D eigenvalue weighted by Gasteiger charge is 2.16. The summed E-state index contributed by atoms with van der Waals surface area (Å²) in [4.78, 5) is 25.3. The maximum atomic E-state index is 12.9. The highest BCUT2D eigenvalue weighted by Crippen LogP contribution is 2.24. The molecule has 2 heterocycles. The Morgan fingerprint density at radius 3 is 2.56 bits per heavy atom. The zero-order valence-corrected chi connectivity index (χ0v) is 15.2. The minimum Gasteiger partial charge on any atom is -0.348 e. The van der Waals surface area contributed by atoms with Crippen molar-refractivity contribution in [2.24, 2.45) is 7.05 Å². The number of hydrogen-bond donors (Lipinski definition) is 1. The third kappa shape index (κ3) is 2.99. The van der Waals surface area contributed by atoms with Crippen LogP contribution < -0.4 is 10.9 Å². The Hall–Kier alpha value is -3.41. The normalized spacial score (nSPS) is 12.4. The number of nitrogens with one attached hydrogen (secondary N) is 1. The standard InChI is InChI=1S/C21H20N4O2/c1-14(15-8-4-3-5-9-15)23-19(26)13-25-21(27)20-17(12-22-25)16-10-6-7-11-18(16)24(20)2/h3-12,14H,13H2,1-2H3,(H,23,26). The van der Waals surface area contributed by atoms with Crippen LogP contribution in [0.4, 0.5) is 0 Å². The van der Waals surface area contributed by atoms with Gasteiger partial charge < -0.3 is 9.88 Å². The molecule has 0 aliphatic rings. The van der Waals surface area contributed by atoms with Crippen molar-refractivity contribution in [1.29, 1.82) is 0 Å². The van der Waals surface area contributed by atoms with Crippen LogP contribution in [0.3, 0.4) is 0 Å². The van der Waals surface area contributed by atoms with Gasteiger partial charge in [0.1, 0.15) is 12.1 Å². The smallest absolute Gasteiger partial charge is 0.291 e. The lowest BCUT2D eigenvalue weighted by atomic mass is 10.1. The van der Waals surface area contributed by atoms with Crippen LogP contribution >= 0.6 is 0 Å². The number of nitrogens with zero attached hydrogens (tertiary/aromatic N) is 3. The molecule has 4 rings (SSSR count). The summed E-state index contributed by atoms with van der Waals surface area (Å²) in [5.41, 5.74) is 2.26. The first-order chi connectivity index (χ1) is 13.1. The minimum absolute atomic E-state index is 0.118. The Labute approximate surface area is 156 Å². The first-order valence-corrected chi connectivity index (χ1v) is 8.84. The van der Waals surface area contributed by atoms with E-state index >= 15 is 0 Å². The second-order valence-corrected chi connectivity index (χ2v) is 6.65. The summed E-state index contributed by atoms with van der Waals surface area (Å²) in [6.45, 7) is 1.80. The van der Waals surface area contributed by atoms with E-state index in [0.717, 1.165) is 21.9 Å². The van der Waals surface area contributed by atoms with Crippen molar-refractivity contribution in [1.82, 2.24) is 19.7 Å². The fourth-order valence-electron chi connectivity index (χ4n) is 3.47. The lowest BCUT2D eigenvalue weighted by Crippen LogP contribution is -2.35. The highest BCUT2D eigenvalue weighted by atomic mass is 16.2. The summed E-state index contributed by atoms with van der Waals surface area (Å²) in [6.07, 6.45) is 1.66. The summed E-state index contributed by atoms with van der Waals surface area (Å²) in [5.74, 6) is -0.251. The Balaban J connectivity index is 1.64. The second kappa shape index (κ2) is 6.72. The van der Waals surface area contributed by atoms with Crippen LogP contribution in [-0.2, 0) is 18.4 Å². The molecule has 2 aromatic carbocycles. The van der Waals surface area contributed by atoms with E-state index in [1.807, 2.05) is 73.1 Å². The number of amides is 1. The number of carbonyl (C=O) groups excluding carboxylic acids is 1. The molecule has 0 saturated carbocycles. The monoisotopic (exact) mass is 360 g/mol. The van der Waals surface area contributed by atoms with Crippen LogP contribution in [0, 0.1) is 0 Å². The Morgan fingerprint density at radius 1 is 1.07 bits per heavy atom. The van der Waals surface area contributed by atoms with Gasteiger partial charge in [-0.25, -0.2) is 4.68 Å². The Kier molecular flexibility index (Phi) is 4.24. The van der Waals surface area contributed by atoms with Gasteiger partial charge in [-0.2, -0.15) is 5.10 Å². The summed E-state index contributed by atoms with van der Waals surface area (Å²) in [6, 6.07) is 17.4. The molecule has 4 aromatic rings. The maximum absolute atomic E-state index is 12.9. The number of rotatable bonds is 4. The lowest BCUT2D eigenvalue weighted by molar-refractivity contribution is -0.122. The van der Waals surface area contributed by atoms with Crippen LogP contribution in [0.25, 0.3) is 21.8 Å². The average molecular weight is 360 g/mol. The molecule has 0 aliphatic heterocycles. The van der Waals surface area contributed by atoms with E-state index in [-0.39, 0.29) is 24.1 Å². The van der Waals surface area contributed by atoms with Gasteiger partial charge >= 0.3 is 0 Å². The molecule has 1 atom stereocenters. The third-order valence-electron chi connectivity index (χ3n) is 4.88. The topological polar surface area (TPSA) is 68.9 Å². The molecule has 0 saturated heterocycles. The van der Waals surface area contributed by atoms with Crippen LogP contribution in [0.15, 0.2) is 65.6 Å². The van der Waals surface area contributed by atoms with Crippen molar-refractivity contribution in [3.8, 4) is 0 Å². The molecule has 136 valence electrons. The van der Waals surface area contributed by atoms with Gasteiger partial charge in [0.05, 0.1) is 12.2 Å². The van der Waals surface area contributed by atoms with Crippen molar-refractivity contribution in [2.75, 3.05) is 0 Å². The molecule has 1 amide bonds. The predicted octanol–water partition coefficient (Wildman–Crippen LogP) is 2.77. The van der Waals surface area contributed by atoms with Crippen LogP contribution in [0.2, 0.25) is 0 Å². The number of hydrogen-bond acceptors (Lipinski definition) is 3. The van der Waals surface area contributed by atoms with E-state index in [1.165, 1.54) is 4.68 Å². The molecule has 6 heteroatoms. The maximum Gasteiger partial charge on any atom is 0.291 e. The molecule has 1 unspecified atom stereocenters. The Bertz CT molecular complexity index is 1190. The van der Waals surface area contributed by atoms with E-state index in [1.54, 1.807) is 6.20 Å². The van der Waals surface area contributed by atoms with Crippen LogP contribution in [0.1, 0.15) is 18.5 Å². The van der Waals surface area contributed by atoms with Crippen molar-refractivity contribution in [3.05, 3.63) is 76.7 Å². The lowest BCUT2D eigenvalue weighted by Gasteiger charge is -2.14. The van der Waals surface area contributed by atoms with Gasteiger partial charge in [0, 0.05) is 23.3 Å². The summed E-state index contributed by atoms with van der Waals surface area (Å²) >= 11 is 0. The first-order valence-electron chi connectivity index (χ1n) is 8.84. The van der Waals surface area contributed by atoms with Crippen LogP contribution in [-0.4, -0.2) is 20.3 Å². The average Bonchev–Trinajstić information content (AvgIpc) is 2.98. The van der Waals surface area contributed by atoms with Gasteiger partial charge in [-0.1, -0.05) is 48.5 Å². The number of carbonyl (C=O) groups is 1. The molecule has 0 radical (unpaired) electrons. The SMILES string of the molecule is CC(NC(=O)Cn1ncc2c3ccccc3n(C)c2c1=O)c1ccccc1. The van der Waals surface area contributed by atoms with Crippen molar-refractivity contribution in [2.45, 2.75) is 19.5 Å². The van der Waals surface area contributed by atoms with Gasteiger partial charge in [0.15, 0.2) is 0 Å². The van der Waals surface area contributed by atoms with Crippen molar-refractivity contribution in [3.63, 3.8) is 0 Å². The van der Waals surface area contributed by atoms with Crippen molar-refractivity contribution >= 4 is 27.7 Å². The highest BCUT2D eigenvalue weighted by molar-refractivity contribution is 6.07. The molecule has 0 spiro atoms. The molecule has 0 fully saturated rings. The van der Waals surface area contributed by atoms with E-state index in [0.29, 0.717) is 5.52 Å². The van der Waals surface area contributed by atoms with Gasteiger partial charge in [-0.05, 0) is 18.6 Å². The summed E-state index contributed by atoms with van der Waals surface area (Å²) in [5, 5.41) is 8.91. The number of benzene rings is 2. The molecular weight excluding hydrogens is 340 g/mol. The Morgan fingerprint density at radius 2 is 1.78 bits per heavy atom. The molecule has 1 N–H and O–H groups in total. The van der Waals surface area contributed by atoms with Gasteiger partial charge in [-0.15, -0.1) is 0 Å². The molecule has 0 bridgehead atoms. The summed E-state index contributed by atoms with van der Waals surface area (Å²) < 4.78 is 3.07. The molecule has 27 heavy (non-hydrogen) atoms. The fraction of sp³-hybridized carbons (Fsp3) is 0.190. The minimum atomic E-state index is -0.270. The van der Waals surface area contributed by atoms with E-state index in [4.69, 9.17) is 0 Å². The van der Waals surface area contributed by atoms with Crippen LogP contribution in [0.5, 0.6) is 0 Å². The number of para-hydroxylation sites is 1. The van der Waals surface area contributed by atoms with Crippen molar-refractivity contribution < 1.29 is 4.79 Å². The largest absolute Gasteiger partial charge is 0.348 e. The number of aryl methyl sites for hydroxylation is 1. The van der Waals surface area contributed by atoms with Gasteiger partial charge in [-0.3, -0.25) is 9.59 Å². The second-order valence-electron chi connectivity index (χ2n) is 6.65. The zero-order valence-electron chi connectivity index (χ0n) is 15.2. The molecular formula is C21H20N4O2. The molecule has 0 aliphatic carbocycles. The van der Waals surface area contributed by atoms with E-state index in [2.05, 4.69) is 10.4 Å². The predicted molar refractivity (Wildman–Crippen MR) is 105 cm³/mol. The number of aromatic nitrogens is 3. The van der Waals surface area contributed by atoms with E-state index in [9.17, 15) is 9.59 Å². The molecule has 2 aromatic heterocycles. The third-order valence-corrected chi connectivity index (χ3v) is 4.88. The fourth-order valence-corrected chi connectivity index (χ4v) is 3.47. The molecule has 6 nitrogen and oxygen atoms in total. The van der Waals surface area contributed by atoms with E-state index < -0.39 is 0 Å². The van der Waals surface area contributed by atoms with Gasteiger partial charge in [0.25, 0.3) is 5.56 Å². The zero-order chi connectivity index (χ0) is 19.0.